The van der Waals surface area contributed by atoms with E-state index in [0.29, 0.717) is 0 Å². The zero-order valence-electron chi connectivity index (χ0n) is 11.4. The summed E-state index contributed by atoms with van der Waals surface area (Å²) in [6.07, 6.45) is 1.14. The van der Waals surface area contributed by atoms with Gasteiger partial charge in [0.25, 0.3) is 0 Å². The first-order chi connectivity index (χ1) is 8.18. The van der Waals surface area contributed by atoms with Crippen LogP contribution in [0.5, 0.6) is 0 Å². The molecule has 0 spiro atoms. The summed E-state index contributed by atoms with van der Waals surface area (Å²) in [7, 11) is 0. The van der Waals surface area contributed by atoms with E-state index in [0.717, 1.165) is 58.3 Å². The fourth-order valence-corrected chi connectivity index (χ4v) is 2.27. The van der Waals surface area contributed by atoms with Crippen LogP contribution in [0, 0.1) is 0 Å². The molecule has 0 atom stereocenters. The number of hydrogen-bond acceptors (Lipinski definition) is 5. The minimum absolute atomic E-state index is 0. The Morgan fingerprint density at radius 1 is 1.50 bits per heavy atom. The van der Waals surface area contributed by atoms with Crippen molar-refractivity contribution in [2.45, 2.75) is 25.8 Å². The van der Waals surface area contributed by atoms with Gasteiger partial charge >= 0.3 is 0 Å². The molecule has 106 valence electrons. The maximum absolute atomic E-state index is 5.51. The summed E-state index contributed by atoms with van der Waals surface area (Å²) in [6.45, 7) is 11.1. The highest BCUT2D eigenvalue weighted by Crippen LogP contribution is 2.17. The van der Waals surface area contributed by atoms with Gasteiger partial charge in [-0.2, -0.15) is 0 Å². The van der Waals surface area contributed by atoms with Crippen molar-refractivity contribution in [3.05, 3.63) is 0 Å². The van der Waals surface area contributed by atoms with Gasteiger partial charge in [-0.15, -0.1) is 24.0 Å². The van der Waals surface area contributed by atoms with E-state index >= 15 is 0 Å². The number of morpholine rings is 1. The largest absolute Gasteiger partial charge is 0.378 e. The Hall–Kier alpha value is -0.0800. The van der Waals surface area contributed by atoms with Crippen LogP contribution in [0.15, 0.2) is 4.99 Å². The van der Waals surface area contributed by atoms with Gasteiger partial charge in [-0.1, -0.05) is 0 Å². The van der Waals surface area contributed by atoms with Gasteiger partial charge in [0.1, 0.15) is 0 Å². The molecule has 1 fully saturated rings. The van der Waals surface area contributed by atoms with Gasteiger partial charge in [0.2, 0.25) is 0 Å². The number of aliphatic imine (C=N–C) groups is 1. The minimum Gasteiger partial charge on any atom is -0.378 e. The highest BCUT2D eigenvalue weighted by molar-refractivity contribution is 14.0. The Morgan fingerprint density at radius 3 is 3.00 bits per heavy atom. The third kappa shape index (κ3) is 4.55. The summed E-state index contributed by atoms with van der Waals surface area (Å²) >= 11 is 0. The first kappa shape index (κ1) is 16.0. The number of guanidine groups is 1. The second-order valence-electron chi connectivity index (χ2n) is 5.29. The van der Waals surface area contributed by atoms with Crippen molar-refractivity contribution in [3.63, 3.8) is 0 Å². The molecule has 0 aliphatic carbocycles. The van der Waals surface area contributed by atoms with Crippen molar-refractivity contribution in [1.29, 1.82) is 0 Å². The van der Waals surface area contributed by atoms with Crippen LogP contribution in [0.3, 0.4) is 0 Å². The van der Waals surface area contributed by atoms with E-state index < -0.39 is 0 Å². The quantitative estimate of drug-likeness (QED) is 0.719. The van der Waals surface area contributed by atoms with Gasteiger partial charge in [-0.3, -0.25) is 9.89 Å². The molecule has 18 heavy (non-hydrogen) atoms. The number of halogens is 1. The molecule has 2 aliphatic heterocycles. The van der Waals surface area contributed by atoms with Gasteiger partial charge in [0, 0.05) is 38.3 Å². The summed E-state index contributed by atoms with van der Waals surface area (Å²) in [5.41, 5.74) is 0.154. The molecule has 0 amide bonds. The highest BCUT2D eigenvalue weighted by Gasteiger charge is 2.29. The van der Waals surface area contributed by atoms with Crippen molar-refractivity contribution in [2.75, 3.05) is 45.9 Å². The second-order valence-corrected chi connectivity index (χ2v) is 5.29. The summed E-state index contributed by atoms with van der Waals surface area (Å²) < 4.78 is 5.51. The van der Waals surface area contributed by atoms with Crippen LogP contribution in [0.1, 0.15) is 20.3 Å². The summed E-state index contributed by atoms with van der Waals surface area (Å²) in [6, 6.07) is 0. The zero-order valence-corrected chi connectivity index (χ0v) is 13.7. The molecule has 2 rings (SSSR count). The van der Waals surface area contributed by atoms with E-state index in [2.05, 4.69) is 34.4 Å². The second kappa shape index (κ2) is 7.49. The normalized spacial score (nSPS) is 23.6. The van der Waals surface area contributed by atoms with E-state index in [-0.39, 0.29) is 29.5 Å². The molecule has 0 radical (unpaired) electrons. The van der Waals surface area contributed by atoms with Crippen LogP contribution in [0.2, 0.25) is 0 Å². The molecule has 0 aromatic heterocycles. The van der Waals surface area contributed by atoms with Crippen molar-refractivity contribution in [3.8, 4) is 0 Å². The molecule has 2 aliphatic rings. The number of nitrogens with zero attached hydrogens (tertiary/aromatic N) is 2. The third-order valence-electron chi connectivity index (χ3n) is 3.39. The van der Waals surface area contributed by atoms with Gasteiger partial charge in [-0.05, 0) is 20.3 Å². The molecule has 0 bridgehead atoms. The third-order valence-corrected chi connectivity index (χ3v) is 3.39. The fraction of sp³-hybridized carbons (Fsp3) is 0.917. The van der Waals surface area contributed by atoms with E-state index in [1.165, 1.54) is 0 Å². The predicted octanol–water partition coefficient (Wildman–Crippen LogP) is 0.654. The van der Waals surface area contributed by atoms with Crippen molar-refractivity contribution in [1.82, 2.24) is 15.5 Å². The van der Waals surface area contributed by atoms with Gasteiger partial charge in [0.15, 0.2) is 5.96 Å². The molecule has 6 heteroatoms. The van der Waals surface area contributed by atoms with E-state index in [1.54, 1.807) is 0 Å². The Bertz CT molecular complexity index is 283. The number of ether oxygens (including phenoxy) is 1. The van der Waals surface area contributed by atoms with Crippen LogP contribution >= 0.6 is 24.0 Å². The summed E-state index contributed by atoms with van der Waals surface area (Å²) in [4.78, 5) is 6.88. The molecule has 0 aromatic rings. The molecule has 0 unspecified atom stereocenters. The molecule has 2 N–H and O–H groups in total. The highest BCUT2D eigenvalue weighted by atomic mass is 127. The molecule has 0 aromatic carbocycles. The standard InChI is InChI=1S/C12H24N4O.HI/c1-12(2)10-17-9-8-16(12)7-6-15-11-13-4-3-5-14-11;/h3-10H2,1-2H3,(H2,13,14,15);1H. The topological polar surface area (TPSA) is 48.9 Å². The predicted molar refractivity (Wildman–Crippen MR) is 84.8 cm³/mol. The number of nitrogens with one attached hydrogen (secondary N) is 2. The SMILES string of the molecule is CC1(C)COCCN1CCNC1=NCCCN1.I. The lowest BCUT2D eigenvalue weighted by Crippen LogP contribution is -2.55. The summed E-state index contributed by atoms with van der Waals surface area (Å²) in [5, 5.41) is 6.64. The van der Waals surface area contributed by atoms with Crippen molar-refractivity contribution >= 4 is 29.9 Å². The Kier molecular flexibility index (Phi) is 6.65. The van der Waals surface area contributed by atoms with E-state index in [9.17, 15) is 0 Å². The first-order valence-electron chi connectivity index (χ1n) is 6.53. The Labute approximate surface area is 127 Å². The van der Waals surface area contributed by atoms with Crippen LogP contribution in [0.4, 0.5) is 0 Å². The van der Waals surface area contributed by atoms with E-state index in [1.807, 2.05) is 0 Å². The Balaban J connectivity index is 0.00000162. The lowest BCUT2D eigenvalue weighted by Gasteiger charge is -2.42. The van der Waals surface area contributed by atoms with Crippen LogP contribution in [-0.4, -0.2) is 62.3 Å². The van der Waals surface area contributed by atoms with Gasteiger partial charge in [0.05, 0.1) is 13.2 Å². The first-order valence-corrected chi connectivity index (χ1v) is 6.53. The molecule has 5 nitrogen and oxygen atoms in total. The molecular formula is C12H25IN4O. The average Bonchev–Trinajstić information content (AvgIpc) is 2.32. The maximum Gasteiger partial charge on any atom is 0.191 e. The summed E-state index contributed by atoms with van der Waals surface area (Å²) in [5.74, 6) is 0.960. The van der Waals surface area contributed by atoms with Crippen molar-refractivity contribution in [2.24, 2.45) is 4.99 Å². The average molecular weight is 368 g/mol. The monoisotopic (exact) mass is 368 g/mol. The fourth-order valence-electron chi connectivity index (χ4n) is 2.27. The van der Waals surface area contributed by atoms with Crippen molar-refractivity contribution < 1.29 is 4.74 Å². The van der Waals surface area contributed by atoms with Crippen LogP contribution < -0.4 is 10.6 Å². The maximum atomic E-state index is 5.51. The number of hydrogen-bond donors (Lipinski definition) is 2. The zero-order chi connectivity index (χ0) is 12.1. The molecule has 1 saturated heterocycles. The molecule has 2 heterocycles. The van der Waals surface area contributed by atoms with Gasteiger partial charge < -0.3 is 15.4 Å². The number of rotatable bonds is 3. The minimum atomic E-state index is 0. The lowest BCUT2D eigenvalue weighted by atomic mass is 10.0. The van der Waals surface area contributed by atoms with E-state index in [4.69, 9.17) is 4.74 Å². The lowest BCUT2D eigenvalue weighted by molar-refractivity contribution is -0.0496. The Morgan fingerprint density at radius 2 is 2.33 bits per heavy atom. The molecule has 0 saturated carbocycles. The van der Waals surface area contributed by atoms with Crippen LogP contribution in [0.25, 0.3) is 0 Å². The van der Waals surface area contributed by atoms with Gasteiger partial charge in [-0.25, -0.2) is 0 Å². The van der Waals surface area contributed by atoms with Crippen LogP contribution in [-0.2, 0) is 4.74 Å². The molecular weight excluding hydrogens is 343 g/mol. The smallest absolute Gasteiger partial charge is 0.191 e.